The first-order valence-corrected chi connectivity index (χ1v) is 6.52. The van der Waals surface area contributed by atoms with Gasteiger partial charge in [-0.05, 0) is 43.9 Å². The summed E-state index contributed by atoms with van der Waals surface area (Å²) in [5.74, 6) is 3.23. The summed E-state index contributed by atoms with van der Waals surface area (Å²) in [6.07, 6.45) is 7.77. The van der Waals surface area contributed by atoms with Crippen LogP contribution in [0.15, 0.2) is 6.20 Å². The van der Waals surface area contributed by atoms with E-state index in [2.05, 4.69) is 15.5 Å². The Bertz CT molecular complexity index is 426. The average Bonchev–Trinajstić information content (AvgIpc) is 2.96. The van der Waals surface area contributed by atoms with Crippen LogP contribution in [0, 0.1) is 24.7 Å². The number of anilines is 1. The lowest BCUT2D eigenvalue weighted by Gasteiger charge is -2.20. The summed E-state index contributed by atoms with van der Waals surface area (Å²) in [7, 11) is 0. The number of aromatic amines is 1. The van der Waals surface area contributed by atoms with E-state index in [1.807, 2.05) is 6.92 Å². The first-order chi connectivity index (χ1) is 8.22. The van der Waals surface area contributed by atoms with Crippen molar-refractivity contribution in [2.45, 2.75) is 39.0 Å². The first-order valence-electron chi connectivity index (χ1n) is 6.52. The number of amides is 1. The van der Waals surface area contributed by atoms with E-state index in [0.717, 1.165) is 23.2 Å². The molecule has 2 aliphatic carbocycles. The van der Waals surface area contributed by atoms with E-state index in [9.17, 15) is 4.79 Å². The summed E-state index contributed by atoms with van der Waals surface area (Å²) >= 11 is 0. The third-order valence-corrected chi connectivity index (χ3v) is 4.43. The minimum absolute atomic E-state index is 0.134. The van der Waals surface area contributed by atoms with Crippen LogP contribution < -0.4 is 5.32 Å². The molecule has 2 saturated carbocycles. The molecule has 4 heteroatoms. The van der Waals surface area contributed by atoms with Crippen LogP contribution in [0.25, 0.3) is 0 Å². The molecule has 1 amide bonds. The Hall–Kier alpha value is -1.32. The van der Waals surface area contributed by atoms with Crippen molar-refractivity contribution in [2.24, 2.45) is 17.8 Å². The van der Waals surface area contributed by atoms with E-state index in [4.69, 9.17) is 0 Å². The second-order valence-corrected chi connectivity index (χ2v) is 5.62. The van der Waals surface area contributed by atoms with E-state index in [0.29, 0.717) is 12.3 Å². The van der Waals surface area contributed by atoms with Crippen molar-refractivity contribution in [3.63, 3.8) is 0 Å². The predicted octanol–water partition coefficient (Wildman–Crippen LogP) is 2.48. The number of hydrogen-bond donors (Lipinski definition) is 2. The van der Waals surface area contributed by atoms with E-state index in [1.165, 1.54) is 25.7 Å². The number of carbonyl (C=O) groups is 1. The summed E-state index contributed by atoms with van der Waals surface area (Å²) in [5, 5.41) is 9.64. The number of rotatable bonds is 3. The van der Waals surface area contributed by atoms with Gasteiger partial charge in [-0.15, -0.1) is 0 Å². The minimum Gasteiger partial charge on any atom is -0.311 e. The molecule has 2 N–H and O–H groups in total. The Balaban J connectivity index is 1.56. The molecule has 0 radical (unpaired) electrons. The maximum absolute atomic E-state index is 11.9. The molecule has 17 heavy (non-hydrogen) atoms. The molecular formula is C13H19N3O. The molecule has 3 rings (SSSR count). The lowest BCUT2D eigenvalue weighted by atomic mass is 9.86. The standard InChI is InChI=1S/C13H19N3O/c1-8-7-14-16-13(8)15-12(17)6-11-5-9-2-3-10(11)4-9/h7,9-11H,2-6H2,1H3,(H2,14,15,16,17)/t9-,10-,11+/m0/s1. The molecule has 0 aliphatic heterocycles. The van der Waals surface area contributed by atoms with Crippen molar-refractivity contribution in [1.82, 2.24) is 10.2 Å². The smallest absolute Gasteiger partial charge is 0.225 e. The van der Waals surface area contributed by atoms with E-state index in [-0.39, 0.29) is 5.91 Å². The summed E-state index contributed by atoms with van der Waals surface area (Å²) in [4.78, 5) is 11.9. The Morgan fingerprint density at radius 3 is 3.00 bits per heavy atom. The van der Waals surface area contributed by atoms with Crippen LogP contribution in [0.2, 0.25) is 0 Å². The third-order valence-electron chi connectivity index (χ3n) is 4.43. The maximum Gasteiger partial charge on any atom is 0.225 e. The van der Waals surface area contributed by atoms with Gasteiger partial charge in [-0.1, -0.05) is 6.42 Å². The normalized spacial score (nSPS) is 30.8. The highest BCUT2D eigenvalue weighted by Gasteiger charge is 2.40. The molecule has 0 spiro atoms. The SMILES string of the molecule is Cc1cn[nH]c1NC(=O)C[C@H]1C[C@H]2CC[C@H]1C2. The van der Waals surface area contributed by atoms with Crippen molar-refractivity contribution in [3.8, 4) is 0 Å². The van der Waals surface area contributed by atoms with Gasteiger partial charge in [0.1, 0.15) is 5.82 Å². The van der Waals surface area contributed by atoms with Crippen LogP contribution in [0.5, 0.6) is 0 Å². The number of hydrogen-bond acceptors (Lipinski definition) is 2. The lowest BCUT2D eigenvalue weighted by Crippen LogP contribution is -2.20. The minimum atomic E-state index is 0.134. The summed E-state index contributed by atoms with van der Waals surface area (Å²) in [5.41, 5.74) is 0.992. The van der Waals surface area contributed by atoms with Crippen LogP contribution in [0.1, 0.15) is 37.7 Å². The van der Waals surface area contributed by atoms with Gasteiger partial charge in [-0.3, -0.25) is 9.89 Å². The fraction of sp³-hybridized carbons (Fsp3) is 0.692. The summed E-state index contributed by atoms with van der Waals surface area (Å²) in [6, 6.07) is 0. The van der Waals surface area contributed by atoms with Gasteiger partial charge in [0.05, 0.1) is 6.20 Å². The van der Waals surface area contributed by atoms with Gasteiger partial charge < -0.3 is 5.32 Å². The molecule has 2 fully saturated rings. The average molecular weight is 233 g/mol. The molecule has 0 aromatic carbocycles. The summed E-state index contributed by atoms with van der Waals surface area (Å²) < 4.78 is 0. The molecule has 3 atom stereocenters. The van der Waals surface area contributed by atoms with E-state index < -0.39 is 0 Å². The van der Waals surface area contributed by atoms with E-state index >= 15 is 0 Å². The molecule has 2 aliphatic rings. The second kappa shape index (κ2) is 4.17. The number of carbonyl (C=O) groups excluding carboxylic acids is 1. The fourth-order valence-electron chi connectivity index (χ4n) is 3.53. The number of aryl methyl sites for hydroxylation is 1. The zero-order chi connectivity index (χ0) is 11.8. The highest BCUT2D eigenvalue weighted by atomic mass is 16.1. The van der Waals surface area contributed by atoms with Crippen LogP contribution in [0.4, 0.5) is 5.82 Å². The van der Waals surface area contributed by atoms with E-state index in [1.54, 1.807) is 6.20 Å². The number of nitrogens with one attached hydrogen (secondary N) is 2. The van der Waals surface area contributed by atoms with Gasteiger partial charge in [0.25, 0.3) is 0 Å². The van der Waals surface area contributed by atoms with Crippen molar-refractivity contribution >= 4 is 11.7 Å². The Labute approximate surface area is 101 Å². The number of aromatic nitrogens is 2. The van der Waals surface area contributed by atoms with Gasteiger partial charge >= 0.3 is 0 Å². The van der Waals surface area contributed by atoms with Gasteiger partial charge in [-0.25, -0.2) is 0 Å². The van der Waals surface area contributed by atoms with Crippen LogP contribution >= 0.6 is 0 Å². The topological polar surface area (TPSA) is 57.8 Å². The number of fused-ring (bicyclic) bond motifs is 2. The third kappa shape index (κ3) is 2.08. The molecule has 0 saturated heterocycles. The highest BCUT2D eigenvalue weighted by Crippen LogP contribution is 2.49. The Morgan fingerprint density at radius 1 is 1.53 bits per heavy atom. The van der Waals surface area contributed by atoms with Gasteiger partial charge in [0, 0.05) is 12.0 Å². The number of nitrogens with zero attached hydrogens (tertiary/aromatic N) is 1. The lowest BCUT2D eigenvalue weighted by molar-refractivity contribution is -0.117. The molecule has 2 bridgehead atoms. The summed E-state index contributed by atoms with van der Waals surface area (Å²) in [6.45, 7) is 1.94. The largest absolute Gasteiger partial charge is 0.311 e. The monoisotopic (exact) mass is 233 g/mol. The van der Waals surface area contributed by atoms with Crippen molar-refractivity contribution in [2.75, 3.05) is 5.32 Å². The van der Waals surface area contributed by atoms with Crippen LogP contribution in [0.3, 0.4) is 0 Å². The quantitative estimate of drug-likeness (QED) is 0.842. The van der Waals surface area contributed by atoms with Gasteiger partial charge in [0.15, 0.2) is 0 Å². The first kappa shape index (κ1) is 10.8. The van der Waals surface area contributed by atoms with Gasteiger partial charge in [-0.2, -0.15) is 5.10 Å². The number of H-pyrrole nitrogens is 1. The zero-order valence-corrected chi connectivity index (χ0v) is 10.2. The Kier molecular flexibility index (Phi) is 2.65. The fourth-order valence-corrected chi connectivity index (χ4v) is 3.53. The zero-order valence-electron chi connectivity index (χ0n) is 10.2. The van der Waals surface area contributed by atoms with Crippen LogP contribution in [-0.4, -0.2) is 16.1 Å². The second-order valence-electron chi connectivity index (χ2n) is 5.62. The highest BCUT2D eigenvalue weighted by molar-refractivity contribution is 5.90. The maximum atomic E-state index is 11.9. The van der Waals surface area contributed by atoms with Gasteiger partial charge in [0.2, 0.25) is 5.91 Å². The Morgan fingerprint density at radius 2 is 2.41 bits per heavy atom. The molecule has 4 nitrogen and oxygen atoms in total. The molecule has 1 heterocycles. The predicted molar refractivity (Wildman–Crippen MR) is 65.5 cm³/mol. The molecule has 92 valence electrons. The van der Waals surface area contributed by atoms with Crippen molar-refractivity contribution < 1.29 is 4.79 Å². The molecule has 1 aromatic heterocycles. The van der Waals surface area contributed by atoms with Crippen molar-refractivity contribution in [1.29, 1.82) is 0 Å². The van der Waals surface area contributed by atoms with Crippen molar-refractivity contribution in [3.05, 3.63) is 11.8 Å². The molecular weight excluding hydrogens is 214 g/mol. The molecule has 0 unspecified atom stereocenters. The van der Waals surface area contributed by atoms with Crippen LogP contribution in [-0.2, 0) is 4.79 Å². The molecule has 1 aromatic rings.